The van der Waals surface area contributed by atoms with Gasteiger partial charge >= 0.3 is 7.05 Å². The number of ketones is 1. The lowest BCUT2D eigenvalue weighted by molar-refractivity contribution is -0.119. The van der Waals surface area contributed by atoms with Gasteiger partial charge in [0.1, 0.15) is 5.78 Å². The Balaban J connectivity index is 1.57. The number of carbonyl (C=O) groups is 1. The Kier molecular flexibility index (Phi) is 4.75. The summed E-state index contributed by atoms with van der Waals surface area (Å²) in [7, 11) is -0.682. The van der Waals surface area contributed by atoms with E-state index < -0.39 is 7.05 Å². The van der Waals surface area contributed by atoms with Gasteiger partial charge in [0.25, 0.3) is 0 Å². The molecule has 0 bridgehead atoms. The maximum Gasteiger partial charge on any atom is 0.438 e. The Labute approximate surface area is 158 Å². The van der Waals surface area contributed by atoms with Gasteiger partial charge in [-0.15, -0.1) is 0 Å². The monoisotopic (exact) mass is 357 g/mol. The predicted octanol–water partition coefficient (Wildman–Crippen LogP) is 2.55. The van der Waals surface area contributed by atoms with Gasteiger partial charge in [-0.3, -0.25) is 9.78 Å². The third-order valence-electron chi connectivity index (χ3n) is 4.95. The molecule has 4 N–H and O–H groups in total. The fourth-order valence-electron chi connectivity index (χ4n) is 3.49. The van der Waals surface area contributed by atoms with Crippen molar-refractivity contribution >= 4 is 35.4 Å². The highest BCUT2D eigenvalue weighted by Gasteiger charge is 2.22. The Hall–Kier alpha value is -2.96. The van der Waals surface area contributed by atoms with Gasteiger partial charge in [0.2, 0.25) is 0 Å². The van der Waals surface area contributed by atoms with Crippen molar-refractivity contribution in [3.63, 3.8) is 0 Å². The molecule has 1 aromatic heterocycles. The molecule has 3 aromatic rings. The molecule has 4 rings (SSSR count). The normalized spacial score (nSPS) is 13.9. The van der Waals surface area contributed by atoms with Crippen molar-refractivity contribution in [1.82, 2.24) is 4.98 Å². The third-order valence-corrected chi connectivity index (χ3v) is 4.95. The Morgan fingerprint density at radius 3 is 2.93 bits per heavy atom. The van der Waals surface area contributed by atoms with E-state index in [-0.39, 0.29) is 18.2 Å². The Bertz CT molecular complexity index is 1030. The highest BCUT2D eigenvalue weighted by atomic mass is 16.2. The van der Waals surface area contributed by atoms with Gasteiger partial charge < -0.3 is 16.0 Å². The number of aromatic nitrogens is 1. The van der Waals surface area contributed by atoms with Crippen molar-refractivity contribution < 1.29 is 9.82 Å². The van der Waals surface area contributed by atoms with Crippen LogP contribution in [0.15, 0.2) is 60.8 Å². The Morgan fingerprint density at radius 2 is 2.07 bits per heavy atom. The molecule has 134 valence electrons. The fraction of sp³-hybridized carbons (Fsp3) is 0.143. The number of Topliss-reactive ketones (excluding diaryl/α,β-unsaturated/α-hetero) is 1. The molecule has 0 unspecified atom stereocenters. The summed E-state index contributed by atoms with van der Waals surface area (Å²) < 4.78 is 0. The summed E-state index contributed by atoms with van der Waals surface area (Å²) in [6.45, 7) is 0.259. The molecule has 6 heteroatoms. The summed E-state index contributed by atoms with van der Waals surface area (Å²) in [6, 6.07) is 13.7. The zero-order valence-electron chi connectivity index (χ0n) is 14.8. The van der Waals surface area contributed by atoms with Gasteiger partial charge in [-0.2, -0.15) is 0 Å². The van der Waals surface area contributed by atoms with E-state index in [0.717, 1.165) is 33.2 Å². The zero-order valence-corrected chi connectivity index (χ0v) is 14.8. The first-order chi connectivity index (χ1) is 13.1. The lowest BCUT2D eigenvalue weighted by Gasteiger charge is -2.19. The van der Waals surface area contributed by atoms with Crippen LogP contribution in [0.3, 0.4) is 0 Å². The van der Waals surface area contributed by atoms with Crippen LogP contribution in [0.4, 0.5) is 5.69 Å². The van der Waals surface area contributed by atoms with Gasteiger partial charge in [0, 0.05) is 36.4 Å². The predicted molar refractivity (Wildman–Crippen MR) is 109 cm³/mol. The van der Waals surface area contributed by atoms with E-state index in [1.807, 2.05) is 54.7 Å². The van der Waals surface area contributed by atoms with Gasteiger partial charge in [-0.05, 0) is 40.3 Å². The number of fused-ring (bicyclic) bond motifs is 2. The molecule has 1 atom stereocenters. The van der Waals surface area contributed by atoms with E-state index in [9.17, 15) is 9.82 Å². The topological polar surface area (TPSA) is 88.2 Å². The maximum atomic E-state index is 12.9. The highest BCUT2D eigenvalue weighted by Crippen LogP contribution is 2.27. The lowest BCUT2D eigenvalue weighted by Crippen LogP contribution is -2.26. The summed E-state index contributed by atoms with van der Waals surface area (Å²) in [5.41, 5.74) is 9.61. The molecular weight excluding hydrogens is 337 g/mol. The first kappa shape index (κ1) is 17.5. The average molecular weight is 357 g/mol. The molecule has 1 aliphatic rings. The molecule has 0 saturated carbocycles. The minimum Gasteiger partial charge on any atom is -0.429 e. The van der Waals surface area contributed by atoms with E-state index in [4.69, 9.17) is 5.73 Å². The quantitative estimate of drug-likeness (QED) is 0.611. The van der Waals surface area contributed by atoms with Gasteiger partial charge in [-0.25, -0.2) is 0 Å². The van der Waals surface area contributed by atoms with Gasteiger partial charge in [-0.1, -0.05) is 36.3 Å². The molecule has 27 heavy (non-hydrogen) atoms. The van der Waals surface area contributed by atoms with Gasteiger partial charge in [0.05, 0.1) is 5.92 Å². The van der Waals surface area contributed by atoms with Crippen molar-refractivity contribution in [3.05, 3.63) is 77.5 Å². The highest BCUT2D eigenvalue weighted by molar-refractivity contribution is 6.61. The van der Waals surface area contributed by atoms with Crippen LogP contribution in [0.5, 0.6) is 0 Å². The Morgan fingerprint density at radius 1 is 1.19 bits per heavy atom. The summed E-state index contributed by atoms with van der Waals surface area (Å²) in [5.74, 6) is 1.41. The number of carbonyl (C=O) groups excluding carboxylic acids is 1. The smallest absolute Gasteiger partial charge is 0.429 e. The van der Waals surface area contributed by atoms with Crippen molar-refractivity contribution in [3.8, 4) is 0 Å². The molecule has 2 aromatic carbocycles. The zero-order chi connectivity index (χ0) is 18.8. The minimum absolute atomic E-state index is 0.0960. The molecular formula is C21H20BN3O2. The third kappa shape index (κ3) is 3.63. The van der Waals surface area contributed by atoms with E-state index in [1.165, 1.54) is 0 Å². The molecule has 0 fully saturated rings. The largest absolute Gasteiger partial charge is 0.438 e. The number of rotatable bonds is 5. The van der Waals surface area contributed by atoms with E-state index in [2.05, 4.69) is 10.2 Å². The summed E-state index contributed by atoms with van der Waals surface area (Å²) in [4.78, 5) is 17.0. The number of benzene rings is 2. The lowest BCUT2D eigenvalue weighted by atomic mass is 9.78. The van der Waals surface area contributed by atoms with Gasteiger partial charge in [0.15, 0.2) is 0 Å². The molecule has 0 saturated heterocycles. The number of anilines is 1. The van der Waals surface area contributed by atoms with Crippen molar-refractivity contribution in [2.24, 2.45) is 5.73 Å². The molecule has 1 aliphatic heterocycles. The van der Waals surface area contributed by atoms with Crippen molar-refractivity contribution in [2.75, 3.05) is 11.8 Å². The van der Waals surface area contributed by atoms with Crippen molar-refractivity contribution in [2.45, 2.75) is 12.3 Å². The molecule has 2 heterocycles. The second-order valence-corrected chi connectivity index (χ2v) is 6.78. The molecule has 0 spiro atoms. The fourth-order valence-corrected chi connectivity index (χ4v) is 3.49. The second kappa shape index (κ2) is 7.35. The molecule has 5 nitrogen and oxygen atoms in total. The summed E-state index contributed by atoms with van der Waals surface area (Å²) >= 11 is 0. The number of pyridine rings is 1. The van der Waals surface area contributed by atoms with Crippen LogP contribution in [0, 0.1) is 0 Å². The SMILES string of the molecule is NC[C@@H](C(=O)Cc1ccc2cnccc2c1)c1ccc2c(c1)C=CB(O)N2. The average Bonchev–Trinajstić information content (AvgIpc) is 2.68. The molecule has 0 radical (unpaired) electrons. The summed E-state index contributed by atoms with van der Waals surface area (Å²) in [6.07, 6.45) is 5.76. The molecule has 0 aliphatic carbocycles. The van der Waals surface area contributed by atoms with Crippen LogP contribution in [0.2, 0.25) is 0 Å². The second-order valence-electron chi connectivity index (χ2n) is 6.78. The number of nitrogens with one attached hydrogen (secondary N) is 1. The first-order valence-corrected chi connectivity index (χ1v) is 8.96. The van der Waals surface area contributed by atoms with Crippen LogP contribution < -0.4 is 11.0 Å². The standard InChI is InChI=1S/C21H20BN3O2/c23-12-19(16-3-4-20-17(11-16)5-7-22(27)25-20)21(26)10-14-1-2-18-13-24-8-6-15(18)9-14/h1-9,11,13,19,25,27H,10,12,23H2/t19-/m1/s1. The van der Waals surface area contributed by atoms with Crippen LogP contribution in [0.1, 0.15) is 22.6 Å². The van der Waals surface area contributed by atoms with Crippen LogP contribution >= 0.6 is 0 Å². The van der Waals surface area contributed by atoms with E-state index >= 15 is 0 Å². The number of hydrogen-bond acceptors (Lipinski definition) is 5. The van der Waals surface area contributed by atoms with Crippen LogP contribution in [-0.2, 0) is 11.2 Å². The minimum atomic E-state index is -0.682. The summed E-state index contributed by atoms with van der Waals surface area (Å²) in [5, 5.41) is 14.7. The number of nitrogens with zero attached hydrogens (tertiary/aromatic N) is 1. The van der Waals surface area contributed by atoms with E-state index in [0.29, 0.717) is 6.42 Å². The number of nitrogens with two attached hydrogens (primary N) is 1. The van der Waals surface area contributed by atoms with Crippen LogP contribution in [0.25, 0.3) is 16.8 Å². The van der Waals surface area contributed by atoms with E-state index in [1.54, 1.807) is 12.2 Å². The van der Waals surface area contributed by atoms with Crippen molar-refractivity contribution in [1.29, 1.82) is 0 Å². The number of hydrogen-bond donors (Lipinski definition) is 3. The molecule has 0 amide bonds. The first-order valence-electron chi connectivity index (χ1n) is 8.96. The van der Waals surface area contributed by atoms with Crippen LogP contribution in [-0.4, -0.2) is 29.4 Å². The maximum absolute atomic E-state index is 12.9.